The number of carbonyl (C=O) groups is 2. The molecule has 160 valence electrons. The summed E-state index contributed by atoms with van der Waals surface area (Å²) in [4.78, 5) is 27.1. The number of nitrogens with one attached hydrogen (secondary N) is 2. The highest BCUT2D eigenvalue weighted by atomic mass is 35.5. The Kier molecular flexibility index (Phi) is 8.38. The van der Waals surface area contributed by atoms with E-state index in [2.05, 4.69) is 28.9 Å². The van der Waals surface area contributed by atoms with Gasteiger partial charge in [-0.1, -0.05) is 12.2 Å². The summed E-state index contributed by atoms with van der Waals surface area (Å²) in [5, 5.41) is 10.5. The zero-order valence-corrected chi connectivity index (χ0v) is 17.9. The van der Waals surface area contributed by atoms with Gasteiger partial charge >= 0.3 is 0 Å². The van der Waals surface area contributed by atoms with Crippen molar-refractivity contribution < 1.29 is 9.59 Å². The average Bonchev–Trinajstić information content (AvgIpc) is 3.36. The number of hydrogen-bond acceptors (Lipinski definition) is 4. The van der Waals surface area contributed by atoms with Crippen LogP contribution in [-0.2, 0) is 11.8 Å². The summed E-state index contributed by atoms with van der Waals surface area (Å²) in [6, 6.07) is 6.96. The number of amides is 2. The molecule has 0 saturated carbocycles. The molecule has 3 rings (SSSR count). The number of hydrogen-bond donors (Lipinski definition) is 2. The molecule has 0 aliphatic carbocycles. The summed E-state index contributed by atoms with van der Waals surface area (Å²) < 4.78 is 1.75. The molecule has 2 amide bonds. The molecule has 0 unspecified atom stereocenters. The summed E-state index contributed by atoms with van der Waals surface area (Å²) >= 11 is 0. The third-order valence-corrected chi connectivity index (χ3v) is 5.09. The molecule has 1 aliphatic heterocycles. The molecule has 0 radical (unpaired) electrons. The minimum absolute atomic E-state index is 0. The Balaban J connectivity index is 0.00000320. The fourth-order valence-electron chi connectivity index (χ4n) is 3.60. The standard InChI is InChI=1S/C22H27N5O2.ClH/c1-4-10-27(11-5-2)22(29)16-6-8-18(9-7-16)25-21(28)20-14-23-13-19(20)17-12-24-26(3)15-17;/h4-9,12,15,19-20,23H,1-2,10-11,13-14H2,3H3,(H,25,28);1H/t19-,20+;/m1./s1. The molecule has 1 aromatic carbocycles. The van der Waals surface area contributed by atoms with E-state index in [1.54, 1.807) is 46.0 Å². The second-order valence-corrected chi connectivity index (χ2v) is 7.17. The monoisotopic (exact) mass is 429 g/mol. The summed E-state index contributed by atoms with van der Waals surface area (Å²) in [5.74, 6) is -0.214. The number of aryl methyl sites for hydroxylation is 1. The second kappa shape index (κ2) is 10.8. The van der Waals surface area contributed by atoms with Gasteiger partial charge in [0.2, 0.25) is 5.91 Å². The summed E-state index contributed by atoms with van der Waals surface area (Å²) in [6.45, 7) is 9.65. The van der Waals surface area contributed by atoms with E-state index in [0.717, 1.165) is 12.1 Å². The van der Waals surface area contributed by atoms with E-state index in [9.17, 15) is 9.59 Å². The van der Waals surface area contributed by atoms with Gasteiger partial charge in [0, 0.05) is 56.6 Å². The molecule has 7 nitrogen and oxygen atoms in total. The van der Waals surface area contributed by atoms with E-state index in [4.69, 9.17) is 0 Å². The molecule has 1 fully saturated rings. The van der Waals surface area contributed by atoms with Crippen LogP contribution in [0.1, 0.15) is 21.8 Å². The van der Waals surface area contributed by atoms with Crippen molar-refractivity contribution in [1.29, 1.82) is 0 Å². The van der Waals surface area contributed by atoms with Crippen LogP contribution in [0.2, 0.25) is 0 Å². The number of benzene rings is 1. The number of aromatic nitrogens is 2. The van der Waals surface area contributed by atoms with Crippen molar-refractivity contribution in [2.24, 2.45) is 13.0 Å². The maximum Gasteiger partial charge on any atom is 0.254 e. The molecular formula is C22H28ClN5O2. The topological polar surface area (TPSA) is 79.3 Å². The zero-order valence-electron chi connectivity index (χ0n) is 17.1. The fourth-order valence-corrected chi connectivity index (χ4v) is 3.60. The third kappa shape index (κ3) is 5.37. The Morgan fingerprint density at radius 3 is 2.47 bits per heavy atom. The number of rotatable bonds is 8. The zero-order chi connectivity index (χ0) is 20.8. The Labute approximate surface area is 183 Å². The normalized spacial score (nSPS) is 17.6. The third-order valence-electron chi connectivity index (χ3n) is 5.09. The predicted molar refractivity (Wildman–Crippen MR) is 121 cm³/mol. The van der Waals surface area contributed by atoms with Gasteiger partial charge in [0.15, 0.2) is 0 Å². The first-order valence-corrected chi connectivity index (χ1v) is 9.64. The van der Waals surface area contributed by atoms with Gasteiger partial charge < -0.3 is 15.5 Å². The maximum absolute atomic E-state index is 12.8. The minimum atomic E-state index is -0.170. The average molecular weight is 430 g/mol. The lowest BCUT2D eigenvalue weighted by Crippen LogP contribution is -2.31. The molecule has 2 aromatic rings. The maximum atomic E-state index is 12.8. The van der Waals surface area contributed by atoms with Crippen molar-refractivity contribution in [2.45, 2.75) is 5.92 Å². The number of halogens is 1. The number of carbonyl (C=O) groups excluding carboxylic acids is 2. The SMILES string of the molecule is C=CCN(CC=C)C(=O)c1ccc(NC(=O)[C@H]2CNC[C@@H]2c2cnn(C)c2)cc1.Cl. The van der Waals surface area contributed by atoms with E-state index in [1.807, 2.05) is 19.4 Å². The molecule has 2 atom stereocenters. The van der Waals surface area contributed by atoms with E-state index >= 15 is 0 Å². The summed E-state index contributed by atoms with van der Waals surface area (Å²) in [6.07, 6.45) is 7.14. The van der Waals surface area contributed by atoms with E-state index in [1.165, 1.54) is 0 Å². The number of nitrogens with zero attached hydrogens (tertiary/aromatic N) is 3. The van der Waals surface area contributed by atoms with Gasteiger partial charge in [-0.25, -0.2) is 0 Å². The Bertz CT molecular complexity index is 883. The lowest BCUT2D eigenvalue weighted by molar-refractivity contribution is -0.119. The van der Waals surface area contributed by atoms with Crippen LogP contribution in [0.4, 0.5) is 5.69 Å². The van der Waals surface area contributed by atoms with Crippen molar-refractivity contribution in [3.05, 3.63) is 73.1 Å². The summed E-state index contributed by atoms with van der Waals surface area (Å²) in [7, 11) is 1.87. The highest BCUT2D eigenvalue weighted by Gasteiger charge is 2.34. The van der Waals surface area contributed by atoms with Gasteiger partial charge in [0.25, 0.3) is 5.91 Å². The first-order chi connectivity index (χ1) is 14.0. The Morgan fingerprint density at radius 2 is 1.90 bits per heavy atom. The smallest absolute Gasteiger partial charge is 0.254 e. The van der Waals surface area contributed by atoms with E-state index in [-0.39, 0.29) is 36.1 Å². The first kappa shape index (κ1) is 23.4. The highest BCUT2D eigenvalue weighted by Crippen LogP contribution is 2.29. The molecule has 1 aromatic heterocycles. The van der Waals surface area contributed by atoms with Crippen molar-refractivity contribution >= 4 is 29.9 Å². The van der Waals surface area contributed by atoms with Crippen LogP contribution in [0, 0.1) is 5.92 Å². The first-order valence-electron chi connectivity index (χ1n) is 9.64. The van der Waals surface area contributed by atoms with Gasteiger partial charge in [-0.05, 0) is 29.8 Å². The molecule has 1 saturated heterocycles. The molecule has 0 bridgehead atoms. The van der Waals surface area contributed by atoms with Crippen LogP contribution in [0.3, 0.4) is 0 Å². The van der Waals surface area contributed by atoms with Crippen molar-refractivity contribution in [3.63, 3.8) is 0 Å². The molecule has 0 spiro atoms. The highest BCUT2D eigenvalue weighted by molar-refractivity contribution is 5.96. The predicted octanol–water partition coefficient (Wildman–Crippen LogP) is 2.60. The van der Waals surface area contributed by atoms with Crippen LogP contribution >= 0.6 is 12.4 Å². The lowest BCUT2D eigenvalue weighted by Gasteiger charge is -2.20. The molecule has 2 heterocycles. The van der Waals surface area contributed by atoms with E-state index < -0.39 is 0 Å². The van der Waals surface area contributed by atoms with Gasteiger partial charge in [-0.3, -0.25) is 14.3 Å². The second-order valence-electron chi connectivity index (χ2n) is 7.17. The van der Waals surface area contributed by atoms with Crippen molar-refractivity contribution in [1.82, 2.24) is 20.0 Å². The van der Waals surface area contributed by atoms with Gasteiger partial charge in [0.05, 0.1) is 12.1 Å². The largest absolute Gasteiger partial charge is 0.331 e. The van der Waals surface area contributed by atoms with Crippen LogP contribution < -0.4 is 10.6 Å². The lowest BCUT2D eigenvalue weighted by atomic mass is 9.90. The Hall–Kier alpha value is -2.90. The van der Waals surface area contributed by atoms with Crippen LogP contribution in [0.25, 0.3) is 0 Å². The minimum Gasteiger partial charge on any atom is -0.331 e. The van der Waals surface area contributed by atoms with Crippen LogP contribution in [0.15, 0.2) is 62.0 Å². The fraction of sp³-hybridized carbons (Fsp3) is 0.318. The molecule has 8 heteroatoms. The van der Waals surface area contributed by atoms with Crippen LogP contribution in [0.5, 0.6) is 0 Å². The van der Waals surface area contributed by atoms with Gasteiger partial charge in [-0.15, -0.1) is 25.6 Å². The van der Waals surface area contributed by atoms with E-state index in [0.29, 0.717) is 30.9 Å². The van der Waals surface area contributed by atoms with Crippen LogP contribution in [-0.4, -0.2) is 52.7 Å². The molecule has 30 heavy (non-hydrogen) atoms. The molecule has 1 aliphatic rings. The number of anilines is 1. The van der Waals surface area contributed by atoms with Crippen molar-refractivity contribution in [3.8, 4) is 0 Å². The van der Waals surface area contributed by atoms with Gasteiger partial charge in [0.1, 0.15) is 0 Å². The summed E-state index contributed by atoms with van der Waals surface area (Å²) in [5.41, 5.74) is 2.29. The molecule has 2 N–H and O–H groups in total. The van der Waals surface area contributed by atoms with Gasteiger partial charge in [-0.2, -0.15) is 5.10 Å². The van der Waals surface area contributed by atoms with Crippen molar-refractivity contribution in [2.75, 3.05) is 31.5 Å². The Morgan fingerprint density at radius 1 is 1.23 bits per heavy atom. The quantitative estimate of drug-likeness (QED) is 0.632. The molecular weight excluding hydrogens is 402 g/mol.